The van der Waals surface area contributed by atoms with Crippen LogP contribution in [0, 0.1) is 6.92 Å². The summed E-state index contributed by atoms with van der Waals surface area (Å²) in [5.41, 5.74) is 0.643. The second-order valence-corrected chi connectivity index (χ2v) is 4.60. The highest BCUT2D eigenvalue weighted by atomic mass is 32.2. The van der Waals surface area contributed by atoms with Gasteiger partial charge in [-0.25, -0.2) is 4.79 Å². The molecule has 0 spiro atoms. The molecule has 0 aliphatic rings. The van der Waals surface area contributed by atoms with E-state index in [0.717, 1.165) is 11.8 Å². The van der Waals surface area contributed by atoms with Crippen LogP contribution in [0.15, 0.2) is 10.6 Å². The molecule has 1 unspecified atom stereocenters. The molecule has 0 saturated heterocycles. The fourth-order valence-electron chi connectivity index (χ4n) is 1.14. The lowest BCUT2D eigenvalue weighted by Gasteiger charge is -2.09. The van der Waals surface area contributed by atoms with Crippen molar-refractivity contribution in [3.05, 3.63) is 11.8 Å². The summed E-state index contributed by atoms with van der Waals surface area (Å²) < 4.78 is 4.80. The SMILES string of the molecule is Cc1cc(NC(=O)CSCC(NC=O)C(=O)O)on1. The van der Waals surface area contributed by atoms with E-state index in [1.165, 1.54) is 0 Å². The number of aryl methyl sites for hydroxylation is 1. The number of anilines is 1. The quantitative estimate of drug-likeness (QED) is 0.568. The summed E-state index contributed by atoms with van der Waals surface area (Å²) in [6, 6.07) is 0.555. The van der Waals surface area contributed by atoms with E-state index in [0.29, 0.717) is 12.1 Å². The molecule has 9 heteroatoms. The predicted octanol–water partition coefficient (Wildman–Crippen LogP) is -0.146. The van der Waals surface area contributed by atoms with Gasteiger partial charge in [0.25, 0.3) is 0 Å². The normalized spacial score (nSPS) is 11.6. The van der Waals surface area contributed by atoms with E-state index in [1.807, 2.05) is 0 Å². The standard InChI is InChI=1S/C10H13N3O5S/c1-6-2-9(18-13-6)12-8(15)4-19-3-7(10(16)17)11-5-14/h2,5,7H,3-4H2,1H3,(H,11,14)(H,12,15)(H,16,17). The van der Waals surface area contributed by atoms with Crippen molar-refractivity contribution in [2.24, 2.45) is 0 Å². The van der Waals surface area contributed by atoms with Crippen LogP contribution in [0.5, 0.6) is 0 Å². The van der Waals surface area contributed by atoms with E-state index >= 15 is 0 Å². The van der Waals surface area contributed by atoms with Gasteiger partial charge < -0.3 is 14.9 Å². The van der Waals surface area contributed by atoms with Crippen LogP contribution >= 0.6 is 11.8 Å². The van der Waals surface area contributed by atoms with E-state index < -0.39 is 12.0 Å². The number of nitrogens with zero attached hydrogens (tertiary/aromatic N) is 1. The third-order valence-electron chi connectivity index (χ3n) is 1.98. The van der Waals surface area contributed by atoms with Crippen LogP contribution in [0.4, 0.5) is 5.88 Å². The van der Waals surface area contributed by atoms with Gasteiger partial charge in [0, 0.05) is 11.8 Å². The Kier molecular flexibility index (Phi) is 5.86. The van der Waals surface area contributed by atoms with Gasteiger partial charge in [0.15, 0.2) is 0 Å². The highest BCUT2D eigenvalue weighted by molar-refractivity contribution is 8.00. The molecule has 1 heterocycles. The third-order valence-corrected chi connectivity index (χ3v) is 3.01. The molecule has 0 aliphatic carbocycles. The molecule has 0 saturated carbocycles. The monoisotopic (exact) mass is 287 g/mol. The molecular weight excluding hydrogens is 274 g/mol. The van der Waals surface area contributed by atoms with Crippen LogP contribution in [0.25, 0.3) is 0 Å². The number of rotatable bonds is 8. The summed E-state index contributed by atoms with van der Waals surface area (Å²) in [5.74, 6) is -1.10. The molecule has 1 rings (SSSR count). The van der Waals surface area contributed by atoms with Gasteiger partial charge in [-0.05, 0) is 6.92 Å². The number of carbonyl (C=O) groups is 3. The molecule has 2 amide bonds. The molecule has 1 aromatic rings. The Labute approximate surface area is 112 Å². The maximum absolute atomic E-state index is 11.5. The Morgan fingerprint density at radius 3 is 2.89 bits per heavy atom. The fourth-order valence-corrected chi connectivity index (χ4v) is 1.99. The highest BCUT2D eigenvalue weighted by Gasteiger charge is 2.16. The zero-order valence-corrected chi connectivity index (χ0v) is 10.9. The van der Waals surface area contributed by atoms with Gasteiger partial charge in [-0.2, -0.15) is 0 Å². The van der Waals surface area contributed by atoms with E-state index in [9.17, 15) is 14.4 Å². The van der Waals surface area contributed by atoms with Crippen molar-refractivity contribution < 1.29 is 24.0 Å². The molecule has 19 heavy (non-hydrogen) atoms. The molecule has 3 N–H and O–H groups in total. The van der Waals surface area contributed by atoms with Gasteiger partial charge >= 0.3 is 5.97 Å². The highest BCUT2D eigenvalue weighted by Crippen LogP contribution is 2.10. The van der Waals surface area contributed by atoms with Crippen molar-refractivity contribution in [1.82, 2.24) is 10.5 Å². The molecule has 0 radical (unpaired) electrons. The van der Waals surface area contributed by atoms with Crippen molar-refractivity contribution in [2.75, 3.05) is 16.8 Å². The number of aromatic nitrogens is 1. The lowest BCUT2D eigenvalue weighted by atomic mass is 10.3. The summed E-state index contributed by atoms with van der Waals surface area (Å²) in [7, 11) is 0. The zero-order valence-electron chi connectivity index (χ0n) is 10.1. The summed E-state index contributed by atoms with van der Waals surface area (Å²) in [5, 5.41) is 17.0. The first-order valence-electron chi connectivity index (χ1n) is 5.26. The minimum Gasteiger partial charge on any atom is -0.480 e. The topological polar surface area (TPSA) is 122 Å². The van der Waals surface area contributed by atoms with Crippen LogP contribution in [-0.4, -0.2) is 46.1 Å². The average molecular weight is 287 g/mol. The summed E-state index contributed by atoms with van der Waals surface area (Å²) in [6.07, 6.45) is 0.316. The fraction of sp³-hybridized carbons (Fsp3) is 0.400. The number of carboxylic acid groups (broad SMARTS) is 1. The summed E-state index contributed by atoms with van der Waals surface area (Å²) in [4.78, 5) is 32.4. The Morgan fingerprint density at radius 1 is 1.63 bits per heavy atom. The number of hydrogen-bond acceptors (Lipinski definition) is 6. The lowest BCUT2D eigenvalue weighted by Crippen LogP contribution is -2.38. The Balaban J connectivity index is 2.30. The average Bonchev–Trinajstić information content (AvgIpc) is 2.73. The van der Waals surface area contributed by atoms with Crippen molar-refractivity contribution in [1.29, 1.82) is 0 Å². The number of hydrogen-bond donors (Lipinski definition) is 3. The molecule has 104 valence electrons. The molecule has 0 bridgehead atoms. The molecule has 1 aromatic heterocycles. The van der Waals surface area contributed by atoms with Gasteiger partial charge in [-0.3, -0.25) is 14.9 Å². The van der Waals surface area contributed by atoms with E-state index in [2.05, 4.69) is 15.8 Å². The van der Waals surface area contributed by atoms with Gasteiger partial charge in [0.1, 0.15) is 6.04 Å². The summed E-state index contributed by atoms with van der Waals surface area (Å²) >= 11 is 1.09. The van der Waals surface area contributed by atoms with E-state index in [1.54, 1.807) is 13.0 Å². The maximum atomic E-state index is 11.5. The molecule has 0 aliphatic heterocycles. The first-order valence-corrected chi connectivity index (χ1v) is 6.42. The van der Waals surface area contributed by atoms with Crippen molar-refractivity contribution in [3.8, 4) is 0 Å². The van der Waals surface area contributed by atoms with Crippen molar-refractivity contribution in [3.63, 3.8) is 0 Å². The van der Waals surface area contributed by atoms with E-state index in [-0.39, 0.29) is 23.3 Å². The zero-order chi connectivity index (χ0) is 14.3. The number of nitrogens with one attached hydrogen (secondary N) is 2. The number of aliphatic carboxylic acids is 1. The van der Waals surface area contributed by atoms with Crippen LogP contribution in [0.1, 0.15) is 5.69 Å². The van der Waals surface area contributed by atoms with Crippen LogP contribution in [0.2, 0.25) is 0 Å². The molecule has 8 nitrogen and oxygen atoms in total. The second kappa shape index (κ2) is 7.41. The predicted molar refractivity (Wildman–Crippen MR) is 67.8 cm³/mol. The van der Waals surface area contributed by atoms with Crippen LogP contribution < -0.4 is 10.6 Å². The first kappa shape index (κ1) is 15.0. The lowest BCUT2D eigenvalue weighted by molar-refractivity contribution is -0.139. The van der Waals surface area contributed by atoms with Gasteiger partial charge in [-0.15, -0.1) is 11.8 Å². The maximum Gasteiger partial charge on any atom is 0.327 e. The second-order valence-electron chi connectivity index (χ2n) is 3.57. The number of amides is 2. The van der Waals surface area contributed by atoms with Crippen molar-refractivity contribution in [2.45, 2.75) is 13.0 Å². The number of carboxylic acids is 1. The minimum absolute atomic E-state index is 0.0457. The molecule has 0 aromatic carbocycles. The van der Waals surface area contributed by atoms with Crippen molar-refractivity contribution >= 4 is 35.9 Å². The largest absolute Gasteiger partial charge is 0.480 e. The molecule has 0 fully saturated rings. The Bertz CT molecular complexity index is 462. The number of carbonyl (C=O) groups excluding carboxylic acids is 2. The Morgan fingerprint density at radius 2 is 2.37 bits per heavy atom. The minimum atomic E-state index is -1.15. The Hall–Kier alpha value is -2.03. The van der Waals surface area contributed by atoms with Crippen LogP contribution in [0.3, 0.4) is 0 Å². The van der Waals surface area contributed by atoms with Gasteiger partial charge in [0.05, 0.1) is 11.4 Å². The van der Waals surface area contributed by atoms with Crippen LogP contribution in [-0.2, 0) is 14.4 Å². The first-order chi connectivity index (χ1) is 9.02. The smallest absolute Gasteiger partial charge is 0.327 e. The summed E-state index contributed by atoms with van der Waals surface area (Å²) in [6.45, 7) is 1.72. The number of thioether (sulfide) groups is 1. The van der Waals surface area contributed by atoms with Gasteiger partial charge in [0.2, 0.25) is 18.2 Å². The molecule has 1 atom stereocenters. The third kappa shape index (κ3) is 5.42. The molecular formula is C10H13N3O5S. The van der Waals surface area contributed by atoms with E-state index in [4.69, 9.17) is 9.63 Å². The van der Waals surface area contributed by atoms with Gasteiger partial charge in [-0.1, -0.05) is 5.16 Å².